The van der Waals surface area contributed by atoms with E-state index in [1.165, 1.54) is 7.11 Å². The van der Waals surface area contributed by atoms with Gasteiger partial charge < -0.3 is 10.5 Å². The average Bonchev–Trinajstić information content (AvgIpc) is 2.43. The molecular formula is C14H25NO2. The van der Waals surface area contributed by atoms with E-state index in [4.69, 9.17) is 5.73 Å². The van der Waals surface area contributed by atoms with Gasteiger partial charge in [0.05, 0.1) is 12.7 Å². The fraction of sp³-hybridized carbons (Fsp3) is 0.500. The first kappa shape index (κ1) is 18.0. The van der Waals surface area contributed by atoms with E-state index in [0.717, 1.165) is 12.0 Å². The molecule has 0 heterocycles. The lowest BCUT2D eigenvalue weighted by Crippen LogP contribution is -2.04. The van der Waals surface area contributed by atoms with Gasteiger partial charge in [0.2, 0.25) is 0 Å². The summed E-state index contributed by atoms with van der Waals surface area (Å²) in [6.07, 6.45) is 0.835. The number of carbonyl (C=O) groups is 1. The van der Waals surface area contributed by atoms with Crippen molar-refractivity contribution in [3.8, 4) is 0 Å². The van der Waals surface area contributed by atoms with Crippen LogP contribution >= 0.6 is 0 Å². The van der Waals surface area contributed by atoms with Crippen molar-refractivity contribution in [2.45, 2.75) is 34.1 Å². The number of benzene rings is 1. The number of methoxy groups -OCH3 is 1. The zero-order chi connectivity index (χ0) is 13.7. The van der Waals surface area contributed by atoms with Crippen molar-refractivity contribution < 1.29 is 9.53 Å². The smallest absolute Gasteiger partial charge is 0.337 e. The number of esters is 1. The molecule has 0 saturated heterocycles. The van der Waals surface area contributed by atoms with E-state index in [9.17, 15) is 4.79 Å². The predicted octanol–water partition coefficient (Wildman–Crippen LogP) is 3.03. The first-order chi connectivity index (χ1) is 8.27. The molecule has 0 spiro atoms. The van der Waals surface area contributed by atoms with Crippen molar-refractivity contribution in [3.05, 3.63) is 35.4 Å². The summed E-state index contributed by atoms with van der Waals surface area (Å²) in [4.78, 5) is 11.0. The van der Waals surface area contributed by atoms with Gasteiger partial charge in [0.25, 0.3) is 0 Å². The van der Waals surface area contributed by atoms with Gasteiger partial charge in [-0.05, 0) is 30.7 Å². The second-order valence-corrected chi connectivity index (χ2v) is 2.73. The van der Waals surface area contributed by atoms with Crippen molar-refractivity contribution in [1.29, 1.82) is 0 Å². The average molecular weight is 239 g/mol. The van der Waals surface area contributed by atoms with Crippen molar-refractivity contribution in [2.75, 3.05) is 13.7 Å². The van der Waals surface area contributed by atoms with Crippen molar-refractivity contribution in [3.63, 3.8) is 0 Å². The van der Waals surface area contributed by atoms with Crippen LogP contribution in [0.4, 0.5) is 0 Å². The number of hydrogen-bond acceptors (Lipinski definition) is 3. The lowest BCUT2D eigenvalue weighted by Gasteiger charge is -2.00. The SMILES string of the molecule is CC.CC.COC(=O)c1ccc(CCN)cc1. The van der Waals surface area contributed by atoms with Crippen LogP contribution in [0.5, 0.6) is 0 Å². The van der Waals surface area contributed by atoms with Crippen LogP contribution in [-0.2, 0) is 11.2 Å². The molecular weight excluding hydrogens is 214 g/mol. The molecule has 17 heavy (non-hydrogen) atoms. The van der Waals surface area contributed by atoms with Gasteiger partial charge in [-0.1, -0.05) is 39.8 Å². The molecule has 3 heteroatoms. The third-order valence-corrected chi connectivity index (χ3v) is 1.81. The van der Waals surface area contributed by atoms with E-state index < -0.39 is 0 Å². The maximum atomic E-state index is 11.0. The summed E-state index contributed by atoms with van der Waals surface area (Å²) in [6.45, 7) is 8.62. The summed E-state index contributed by atoms with van der Waals surface area (Å²) >= 11 is 0. The van der Waals surface area contributed by atoms with Gasteiger partial charge in [0.1, 0.15) is 0 Å². The fourth-order valence-electron chi connectivity index (χ4n) is 1.09. The van der Waals surface area contributed by atoms with Crippen LogP contribution in [0.25, 0.3) is 0 Å². The summed E-state index contributed by atoms with van der Waals surface area (Å²) in [6, 6.07) is 7.27. The second-order valence-electron chi connectivity index (χ2n) is 2.73. The highest BCUT2D eigenvalue weighted by Crippen LogP contribution is 2.05. The number of ether oxygens (including phenoxy) is 1. The Kier molecular flexibility index (Phi) is 13.5. The van der Waals surface area contributed by atoms with Crippen LogP contribution in [0.3, 0.4) is 0 Å². The van der Waals surface area contributed by atoms with E-state index in [1.54, 1.807) is 12.1 Å². The number of rotatable bonds is 3. The van der Waals surface area contributed by atoms with Crippen LogP contribution in [0.2, 0.25) is 0 Å². The van der Waals surface area contributed by atoms with Gasteiger partial charge in [-0.3, -0.25) is 0 Å². The molecule has 0 unspecified atom stereocenters. The maximum absolute atomic E-state index is 11.0. The number of carbonyl (C=O) groups excluding carboxylic acids is 1. The summed E-state index contributed by atoms with van der Waals surface area (Å²) < 4.78 is 4.57. The van der Waals surface area contributed by atoms with Crippen molar-refractivity contribution >= 4 is 5.97 Å². The van der Waals surface area contributed by atoms with Crippen LogP contribution in [0, 0.1) is 0 Å². The zero-order valence-electron chi connectivity index (χ0n) is 11.6. The van der Waals surface area contributed by atoms with Crippen LogP contribution in [0.1, 0.15) is 43.6 Å². The minimum Gasteiger partial charge on any atom is -0.465 e. The summed E-state index contributed by atoms with van der Waals surface area (Å²) in [5.74, 6) is -0.306. The Bertz CT molecular complexity index is 281. The molecule has 0 aliphatic rings. The quantitative estimate of drug-likeness (QED) is 0.825. The molecule has 0 bridgehead atoms. The fourth-order valence-corrected chi connectivity index (χ4v) is 1.09. The molecule has 0 aliphatic carbocycles. The molecule has 0 aromatic heterocycles. The number of hydrogen-bond donors (Lipinski definition) is 1. The first-order valence-corrected chi connectivity index (χ1v) is 6.15. The Hall–Kier alpha value is -1.35. The molecule has 1 aromatic rings. The van der Waals surface area contributed by atoms with E-state index in [-0.39, 0.29) is 5.97 Å². The van der Waals surface area contributed by atoms with Gasteiger partial charge in [-0.15, -0.1) is 0 Å². The maximum Gasteiger partial charge on any atom is 0.337 e. The van der Waals surface area contributed by atoms with E-state index in [2.05, 4.69) is 4.74 Å². The largest absolute Gasteiger partial charge is 0.465 e. The van der Waals surface area contributed by atoms with Gasteiger partial charge in [0.15, 0.2) is 0 Å². The highest BCUT2D eigenvalue weighted by atomic mass is 16.5. The topological polar surface area (TPSA) is 52.3 Å². The third-order valence-electron chi connectivity index (χ3n) is 1.81. The second kappa shape index (κ2) is 12.7. The van der Waals surface area contributed by atoms with Crippen LogP contribution in [0.15, 0.2) is 24.3 Å². The molecule has 1 rings (SSSR count). The Balaban J connectivity index is 0. The summed E-state index contributed by atoms with van der Waals surface area (Å²) in [5, 5.41) is 0. The predicted molar refractivity (Wildman–Crippen MR) is 73.2 cm³/mol. The molecule has 0 saturated carbocycles. The standard InChI is InChI=1S/C10H13NO2.2C2H6/c1-13-10(12)9-4-2-8(3-5-9)6-7-11;2*1-2/h2-5H,6-7,11H2,1H3;2*1-2H3. The summed E-state index contributed by atoms with van der Waals surface area (Å²) in [5.41, 5.74) is 7.10. The molecule has 98 valence electrons. The first-order valence-electron chi connectivity index (χ1n) is 6.15. The third kappa shape index (κ3) is 7.53. The molecule has 3 nitrogen and oxygen atoms in total. The van der Waals surface area contributed by atoms with Gasteiger partial charge in [-0.25, -0.2) is 4.79 Å². The molecule has 1 aromatic carbocycles. The molecule has 0 fully saturated rings. The lowest BCUT2D eigenvalue weighted by molar-refractivity contribution is 0.0600. The summed E-state index contributed by atoms with van der Waals surface area (Å²) in [7, 11) is 1.37. The molecule has 0 radical (unpaired) electrons. The van der Waals surface area contributed by atoms with E-state index in [0.29, 0.717) is 12.1 Å². The van der Waals surface area contributed by atoms with Crippen LogP contribution in [-0.4, -0.2) is 19.6 Å². The van der Waals surface area contributed by atoms with E-state index in [1.807, 2.05) is 39.8 Å². The highest BCUT2D eigenvalue weighted by Gasteiger charge is 2.03. The van der Waals surface area contributed by atoms with Crippen molar-refractivity contribution in [2.24, 2.45) is 5.73 Å². The zero-order valence-corrected chi connectivity index (χ0v) is 11.6. The van der Waals surface area contributed by atoms with E-state index >= 15 is 0 Å². The Morgan fingerprint density at radius 3 is 1.94 bits per heavy atom. The minimum atomic E-state index is -0.306. The molecule has 2 N–H and O–H groups in total. The van der Waals surface area contributed by atoms with Gasteiger partial charge in [-0.2, -0.15) is 0 Å². The normalized spacial score (nSPS) is 8.12. The minimum absolute atomic E-state index is 0.306. The van der Waals surface area contributed by atoms with Crippen LogP contribution < -0.4 is 5.73 Å². The van der Waals surface area contributed by atoms with Crippen molar-refractivity contribution in [1.82, 2.24) is 0 Å². The van der Waals surface area contributed by atoms with Gasteiger partial charge in [0, 0.05) is 0 Å². The highest BCUT2D eigenvalue weighted by molar-refractivity contribution is 5.89. The lowest BCUT2D eigenvalue weighted by atomic mass is 10.1. The molecule has 0 amide bonds. The molecule has 0 atom stereocenters. The Morgan fingerprint density at radius 1 is 1.12 bits per heavy atom. The Morgan fingerprint density at radius 2 is 1.59 bits per heavy atom. The van der Waals surface area contributed by atoms with Gasteiger partial charge >= 0.3 is 5.97 Å². The number of nitrogens with two attached hydrogens (primary N) is 1. The monoisotopic (exact) mass is 239 g/mol. The molecule has 0 aliphatic heterocycles. The Labute approximate surface area is 105 Å².